The largest absolute Gasteiger partial charge is 0.304 e. The van der Waals surface area contributed by atoms with E-state index in [4.69, 9.17) is 0 Å². The van der Waals surface area contributed by atoms with Crippen molar-refractivity contribution in [1.29, 1.82) is 0 Å². The first-order valence-electron chi connectivity index (χ1n) is 7.01. The van der Waals surface area contributed by atoms with E-state index in [2.05, 4.69) is 21.6 Å². The molecule has 0 bridgehead atoms. The summed E-state index contributed by atoms with van der Waals surface area (Å²) in [4.78, 5) is 2.48. The number of nitrogens with zero attached hydrogens (tertiary/aromatic N) is 3. The fourth-order valence-electron chi connectivity index (χ4n) is 3.00. The molecule has 7 heteroatoms. The Labute approximate surface area is 121 Å². The number of aromatic nitrogens is 2. The maximum atomic E-state index is 12.6. The summed E-state index contributed by atoms with van der Waals surface area (Å²) in [5.41, 5.74) is 1.27. The third-order valence-corrected chi connectivity index (χ3v) is 5.73. The van der Waals surface area contributed by atoms with Crippen molar-refractivity contribution < 1.29 is 8.42 Å². The molecule has 2 heterocycles. The normalized spacial score (nSPS) is 24.4. The second-order valence-electron chi connectivity index (χ2n) is 5.74. The molecule has 0 aromatic carbocycles. The van der Waals surface area contributed by atoms with Crippen molar-refractivity contribution in [1.82, 2.24) is 19.4 Å². The first kappa shape index (κ1) is 15.5. The van der Waals surface area contributed by atoms with E-state index in [1.54, 1.807) is 11.6 Å². The average Bonchev–Trinajstić information content (AvgIpc) is 2.78. The molecule has 0 aliphatic carbocycles. The summed E-state index contributed by atoms with van der Waals surface area (Å²) in [6.45, 7) is 9.92. The third kappa shape index (κ3) is 2.75. The smallest absolute Gasteiger partial charge is 0.244 e. The van der Waals surface area contributed by atoms with Gasteiger partial charge in [-0.25, -0.2) is 13.1 Å². The highest BCUT2D eigenvalue weighted by atomic mass is 32.2. The van der Waals surface area contributed by atoms with Gasteiger partial charge in [-0.05, 0) is 33.7 Å². The van der Waals surface area contributed by atoms with Crippen LogP contribution in [0.5, 0.6) is 0 Å². The molecule has 1 aliphatic heterocycles. The Morgan fingerprint density at radius 1 is 1.35 bits per heavy atom. The van der Waals surface area contributed by atoms with Gasteiger partial charge in [0.2, 0.25) is 10.0 Å². The molecular formula is C13H24N4O2S. The Kier molecular flexibility index (Phi) is 4.22. The van der Waals surface area contributed by atoms with Gasteiger partial charge >= 0.3 is 0 Å². The van der Waals surface area contributed by atoms with Crippen molar-refractivity contribution in [2.45, 2.75) is 45.2 Å². The molecule has 114 valence electrons. The molecule has 2 atom stereocenters. The average molecular weight is 300 g/mol. The standard InChI is InChI=1S/C13H24N4O2S/c1-6-17-11(4)13(10(3)14-17)20(18,19)15-12-8-16(5)7-9(12)2/h9,12,15H,6-8H2,1-5H3/t9-,12+/m1/s1. The lowest BCUT2D eigenvalue weighted by molar-refractivity contribution is 0.400. The SMILES string of the molecule is CCn1nc(C)c(S(=O)(=O)N[C@H]2CN(C)C[C@H]2C)c1C. The van der Waals surface area contributed by atoms with Gasteiger partial charge in [-0.1, -0.05) is 6.92 Å². The maximum Gasteiger partial charge on any atom is 0.244 e. The van der Waals surface area contributed by atoms with E-state index in [0.29, 0.717) is 28.7 Å². The second-order valence-corrected chi connectivity index (χ2v) is 7.39. The minimum Gasteiger partial charge on any atom is -0.304 e. The number of nitrogens with one attached hydrogen (secondary N) is 1. The van der Waals surface area contributed by atoms with E-state index >= 15 is 0 Å². The third-order valence-electron chi connectivity index (χ3n) is 3.98. The number of rotatable bonds is 4. The molecule has 1 aromatic rings. The van der Waals surface area contributed by atoms with Crippen LogP contribution in [0.2, 0.25) is 0 Å². The number of likely N-dealkylation sites (N-methyl/N-ethyl adjacent to an activating group) is 1. The van der Waals surface area contributed by atoms with Gasteiger partial charge in [0, 0.05) is 25.7 Å². The maximum absolute atomic E-state index is 12.6. The summed E-state index contributed by atoms with van der Waals surface area (Å²) in [6, 6.07) is -0.0335. The molecule has 1 fully saturated rings. The van der Waals surface area contributed by atoms with Gasteiger partial charge in [0.25, 0.3) is 0 Å². The highest BCUT2D eigenvalue weighted by Crippen LogP contribution is 2.22. The lowest BCUT2D eigenvalue weighted by atomic mass is 10.1. The highest BCUT2D eigenvalue weighted by Gasteiger charge is 2.33. The number of likely N-dealkylation sites (tertiary alicyclic amines) is 1. The van der Waals surface area contributed by atoms with Gasteiger partial charge < -0.3 is 4.90 Å². The topological polar surface area (TPSA) is 67.2 Å². The Hall–Kier alpha value is -0.920. The predicted molar refractivity (Wildman–Crippen MR) is 78.1 cm³/mol. The van der Waals surface area contributed by atoms with Gasteiger partial charge in [-0.2, -0.15) is 5.10 Å². The van der Waals surface area contributed by atoms with Crippen LogP contribution in [-0.4, -0.2) is 49.3 Å². The van der Waals surface area contributed by atoms with Crippen molar-refractivity contribution in [2.24, 2.45) is 5.92 Å². The number of sulfonamides is 1. The molecule has 6 nitrogen and oxygen atoms in total. The molecular weight excluding hydrogens is 276 g/mol. The molecule has 1 saturated heterocycles. The van der Waals surface area contributed by atoms with Gasteiger partial charge in [-0.3, -0.25) is 4.68 Å². The fraction of sp³-hybridized carbons (Fsp3) is 0.769. The van der Waals surface area contributed by atoms with Gasteiger partial charge in [0.15, 0.2) is 0 Å². The molecule has 0 spiro atoms. The van der Waals surface area contributed by atoms with Crippen LogP contribution in [0.25, 0.3) is 0 Å². The van der Waals surface area contributed by atoms with Crippen LogP contribution in [0.15, 0.2) is 4.90 Å². The van der Waals surface area contributed by atoms with E-state index < -0.39 is 10.0 Å². The minimum atomic E-state index is -3.51. The predicted octanol–water partition coefficient (Wildman–Crippen LogP) is 0.748. The van der Waals surface area contributed by atoms with Crippen molar-refractivity contribution in [2.75, 3.05) is 20.1 Å². The molecule has 0 unspecified atom stereocenters. The Morgan fingerprint density at radius 2 is 2.00 bits per heavy atom. The summed E-state index contributed by atoms with van der Waals surface area (Å²) in [6.07, 6.45) is 0. The Balaban J connectivity index is 2.29. The van der Waals surface area contributed by atoms with Crippen molar-refractivity contribution in [3.8, 4) is 0 Å². The second kappa shape index (κ2) is 5.46. The van der Waals surface area contributed by atoms with Crippen LogP contribution in [0.1, 0.15) is 25.2 Å². The summed E-state index contributed by atoms with van der Waals surface area (Å²) < 4.78 is 29.8. The molecule has 1 aromatic heterocycles. The van der Waals surface area contributed by atoms with E-state index in [9.17, 15) is 8.42 Å². The quantitative estimate of drug-likeness (QED) is 0.891. The van der Waals surface area contributed by atoms with Crippen LogP contribution in [0.4, 0.5) is 0 Å². The number of hydrogen-bond acceptors (Lipinski definition) is 4. The van der Waals surface area contributed by atoms with Crippen LogP contribution in [-0.2, 0) is 16.6 Å². The van der Waals surface area contributed by atoms with Crippen LogP contribution < -0.4 is 4.72 Å². The Morgan fingerprint density at radius 3 is 2.45 bits per heavy atom. The van der Waals surface area contributed by atoms with E-state index in [0.717, 1.165) is 13.1 Å². The van der Waals surface area contributed by atoms with Crippen molar-refractivity contribution >= 4 is 10.0 Å². The fourth-order valence-corrected chi connectivity index (χ4v) is 4.75. The van der Waals surface area contributed by atoms with Gasteiger partial charge in [0.1, 0.15) is 4.90 Å². The highest BCUT2D eigenvalue weighted by molar-refractivity contribution is 7.89. The monoisotopic (exact) mass is 300 g/mol. The number of hydrogen-bond donors (Lipinski definition) is 1. The Bertz CT molecular complexity index is 594. The molecule has 1 aliphatic rings. The van der Waals surface area contributed by atoms with E-state index in [-0.39, 0.29) is 6.04 Å². The summed E-state index contributed by atoms with van der Waals surface area (Å²) >= 11 is 0. The molecule has 0 radical (unpaired) electrons. The van der Waals surface area contributed by atoms with Gasteiger partial charge in [-0.15, -0.1) is 0 Å². The summed E-state index contributed by atoms with van der Waals surface area (Å²) in [5, 5.41) is 4.29. The van der Waals surface area contributed by atoms with Gasteiger partial charge in [0.05, 0.1) is 11.4 Å². The molecule has 0 saturated carbocycles. The molecule has 20 heavy (non-hydrogen) atoms. The first-order valence-corrected chi connectivity index (χ1v) is 8.49. The van der Waals surface area contributed by atoms with E-state index in [1.807, 2.05) is 20.9 Å². The van der Waals surface area contributed by atoms with Crippen molar-refractivity contribution in [3.05, 3.63) is 11.4 Å². The summed E-state index contributed by atoms with van der Waals surface area (Å²) in [7, 11) is -1.50. The zero-order chi connectivity index (χ0) is 15.1. The van der Waals surface area contributed by atoms with Crippen LogP contribution in [0.3, 0.4) is 0 Å². The van der Waals surface area contributed by atoms with Crippen LogP contribution >= 0.6 is 0 Å². The van der Waals surface area contributed by atoms with E-state index in [1.165, 1.54) is 0 Å². The lowest BCUT2D eigenvalue weighted by Crippen LogP contribution is -2.39. The molecule has 2 rings (SSSR count). The van der Waals surface area contributed by atoms with Crippen molar-refractivity contribution in [3.63, 3.8) is 0 Å². The molecule has 0 amide bonds. The zero-order valence-corrected chi connectivity index (χ0v) is 13.7. The number of aryl methyl sites for hydroxylation is 2. The molecule has 1 N–H and O–H groups in total. The lowest BCUT2D eigenvalue weighted by Gasteiger charge is -2.16. The zero-order valence-electron chi connectivity index (χ0n) is 12.8. The van der Waals surface area contributed by atoms with Crippen LogP contribution in [0, 0.1) is 19.8 Å². The summed E-state index contributed by atoms with van der Waals surface area (Å²) in [5.74, 6) is 0.316. The minimum absolute atomic E-state index is 0.0335. The first-order chi connectivity index (χ1) is 9.26.